The van der Waals surface area contributed by atoms with Crippen LogP contribution in [-0.4, -0.2) is 19.4 Å². The third-order valence-corrected chi connectivity index (χ3v) is 2.85. The van der Waals surface area contributed by atoms with Gasteiger partial charge in [0.15, 0.2) is 0 Å². The molecule has 0 radical (unpaired) electrons. The van der Waals surface area contributed by atoms with Crippen molar-refractivity contribution < 1.29 is 0 Å². The van der Waals surface area contributed by atoms with Crippen molar-refractivity contribution in [3.63, 3.8) is 0 Å². The Morgan fingerprint density at radius 3 is 2.88 bits per heavy atom. The van der Waals surface area contributed by atoms with Crippen molar-refractivity contribution in [1.29, 1.82) is 0 Å². The lowest BCUT2D eigenvalue weighted by Gasteiger charge is -2.02. The van der Waals surface area contributed by atoms with Gasteiger partial charge in [-0.2, -0.15) is 0 Å². The first-order valence-corrected chi connectivity index (χ1v) is 5.53. The molecule has 0 aliphatic rings. The monoisotopic (exact) mass is 244 g/mol. The van der Waals surface area contributed by atoms with E-state index in [1.54, 1.807) is 6.07 Å². The predicted octanol–water partition coefficient (Wildman–Crippen LogP) is 2.75. The number of nitrogens with zero attached hydrogens (tertiary/aromatic N) is 4. The number of hydrogen-bond acceptors (Lipinski definition) is 3. The number of aromatic nitrogens is 4. The Hall–Kier alpha value is -1.94. The summed E-state index contributed by atoms with van der Waals surface area (Å²) in [7, 11) is 0. The van der Waals surface area contributed by atoms with Crippen molar-refractivity contribution in [3.8, 4) is 11.3 Å². The highest BCUT2D eigenvalue weighted by Gasteiger charge is 2.04. The van der Waals surface area contributed by atoms with Crippen molar-refractivity contribution >= 4 is 17.1 Å². The molecule has 17 heavy (non-hydrogen) atoms. The van der Waals surface area contributed by atoms with E-state index < -0.39 is 0 Å². The molecule has 3 rings (SSSR count). The van der Waals surface area contributed by atoms with Gasteiger partial charge in [0.25, 0.3) is 0 Å². The molecule has 0 saturated carbocycles. The van der Waals surface area contributed by atoms with E-state index in [0.29, 0.717) is 5.15 Å². The highest BCUT2D eigenvalue weighted by molar-refractivity contribution is 6.29. The lowest BCUT2D eigenvalue weighted by molar-refractivity contribution is 1.04. The van der Waals surface area contributed by atoms with Crippen LogP contribution in [0.1, 0.15) is 5.82 Å². The molecule has 3 heterocycles. The van der Waals surface area contributed by atoms with Gasteiger partial charge in [-0.15, -0.1) is 0 Å². The minimum Gasteiger partial charge on any atom is -0.304 e. The van der Waals surface area contributed by atoms with Gasteiger partial charge in [-0.25, -0.2) is 15.0 Å². The van der Waals surface area contributed by atoms with E-state index in [1.165, 1.54) is 6.33 Å². The fourth-order valence-corrected chi connectivity index (χ4v) is 1.93. The average molecular weight is 245 g/mol. The maximum absolute atomic E-state index is 5.85. The Bertz CT molecular complexity index is 690. The third kappa shape index (κ3) is 1.76. The maximum atomic E-state index is 5.85. The van der Waals surface area contributed by atoms with Crippen LogP contribution in [0.25, 0.3) is 16.8 Å². The van der Waals surface area contributed by atoms with Crippen LogP contribution in [0.4, 0.5) is 0 Å². The van der Waals surface area contributed by atoms with Crippen LogP contribution in [0.3, 0.4) is 0 Å². The minimum atomic E-state index is 0.444. The van der Waals surface area contributed by atoms with Crippen LogP contribution in [0.2, 0.25) is 5.15 Å². The van der Waals surface area contributed by atoms with Gasteiger partial charge in [0.05, 0.1) is 17.4 Å². The van der Waals surface area contributed by atoms with Gasteiger partial charge in [-0.05, 0) is 19.1 Å². The Balaban J connectivity index is 2.18. The summed E-state index contributed by atoms with van der Waals surface area (Å²) < 4.78 is 2.02. The van der Waals surface area contributed by atoms with Crippen LogP contribution < -0.4 is 0 Å². The van der Waals surface area contributed by atoms with E-state index in [9.17, 15) is 0 Å². The molecule has 3 aromatic heterocycles. The molecule has 0 bridgehead atoms. The first-order valence-electron chi connectivity index (χ1n) is 5.16. The fraction of sp³-hybridized carbons (Fsp3) is 0.0833. The number of rotatable bonds is 1. The average Bonchev–Trinajstić information content (AvgIpc) is 2.71. The van der Waals surface area contributed by atoms with Crippen molar-refractivity contribution in [1.82, 2.24) is 19.4 Å². The van der Waals surface area contributed by atoms with E-state index in [1.807, 2.05) is 35.9 Å². The lowest BCUT2D eigenvalue weighted by Crippen LogP contribution is -1.90. The molecule has 84 valence electrons. The first kappa shape index (κ1) is 10.2. The van der Waals surface area contributed by atoms with Crippen molar-refractivity contribution in [3.05, 3.63) is 47.9 Å². The van der Waals surface area contributed by atoms with Crippen LogP contribution in [0.15, 0.2) is 36.9 Å². The maximum Gasteiger partial charge on any atom is 0.133 e. The Morgan fingerprint density at radius 1 is 1.18 bits per heavy atom. The number of fused-ring (bicyclic) bond motifs is 1. The number of imidazole rings is 1. The topological polar surface area (TPSA) is 43.1 Å². The minimum absolute atomic E-state index is 0.444. The molecular formula is C12H9ClN4. The van der Waals surface area contributed by atoms with Crippen LogP contribution in [0, 0.1) is 6.92 Å². The molecule has 0 atom stereocenters. The quantitative estimate of drug-likeness (QED) is 0.618. The molecular weight excluding hydrogens is 236 g/mol. The molecule has 0 amide bonds. The number of halogens is 1. The zero-order chi connectivity index (χ0) is 11.8. The molecule has 0 aliphatic heterocycles. The Morgan fingerprint density at radius 2 is 2.06 bits per heavy atom. The second-order valence-electron chi connectivity index (χ2n) is 3.74. The van der Waals surface area contributed by atoms with E-state index in [4.69, 9.17) is 11.6 Å². The van der Waals surface area contributed by atoms with Crippen molar-refractivity contribution in [2.24, 2.45) is 0 Å². The summed E-state index contributed by atoms with van der Waals surface area (Å²) in [5, 5.41) is 0.444. The molecule has 0 saturated heterocycles. The molecule has 3 aromatic rings. The molecule has 0 aromatic carbocycles. The summed E-state index contributed by atoms with van der Waals surface area (Å²) in [4.78, 5) is 12.3. The molecule has 0 N–H and O–H groups in total. The van der Waals surface area contributed by atoms with Crippen molar-refractivity contribution in [2.45, 2.75) is 6.92 Å². The van der Waals surface area contributed by atoms with E-state index >= 15 is 0 Å². The standard InChI is InChI=1S/C12H9ClN4/c1-8-14-6-10-4-9(2-3-17(8)10)11-5-12(13)16-7-15-11/h2-7H,1H3. The largest absolute Gasteiger partial charge is 0.304 e. The smallest absolute Gasteiger partial charge is 0.133 e. The highest BCUT2D eigenvalue weighted by atomic mass is 35.5. The van der Waals surface area contributed by atoms with Gasteiger partial charge in [0, 0.05) is 17.8 Å². The molecule has 4 nitrogen and oxygen atoms in total. The van der Waals surface area contributed by atoms with Gasteiger partial charge in [-0.3, -0.25) is 0 Å². The first-order chi connectivity index (χ1) is 8.24. The van der Waals surface area contributed by atoms with Gasteiger partial charge in [0.1, 0.15) is 17.3 Å². The summed E-state index contributed by atoms with van der Waals surface area (Å²) in [5.41, 5.74) is 2.85. The summed E-state index contributed by atoms with van der Waals surface area (Å²) in [6.45, 7) is 1.97. The molecule has 0 aliphatic carbocycles. The third-order valence-electron chi connectivity index (χ3n) is 2.65. The molecule has 5 heteroatoms. The number of hydrogen-bond donors (Lipinski definition) is 0. The van der Waals surface area contributed by atoms with Gasteiger partial charge in [0.2, 0.25) is 0 Å². The van der Waals surface area contributed by atoms with Gasteiger partial charge in [-0.1, -0.05) is 11.6 Å². The zero-order valence-corrected chi connectivity index (χ0v) is 9.89. The molecule has 0 spiro atoms. The van der Waals surface area contributed by atoms with Gasteiger partial charge < -0.3 is 4.40 Å². The second kappa shape index (κ2) is 3.82. The number of pyridine rings is 1. The van der Waals surface area contributed by atoms with E-state index in [2.05, 4.69) is 15.0 Å². The lowest BCUT2D eigenvalue weighted by atomic mass is 10.2. The predicted molar refractivity (Wildman–Crippen MR) is 66.0 cm³/mol. The number of aryl methyl sites for hydroxylation is 1. The normalized spacial score (nSPS) is 10.9. The second-order valence-corrected chi connectivity index (χ2v) is 4.13. The molecule has 0 fully saturated rings. The van der Waals surface area contributed by atoms with E-state index in [0.717, 1.165) is 22.6 Å². The van der Waals surface area contributed by atoms with E-state index in [-0.39, 0.29) is 0 Å². The Labute approximate surface area is 103 Å². The van der Waals surface area contributed by atoms with Crippen molar-refractivity contribution in [2.75, 3.05) is 0 Å². The summed E-state index contributed by atoms with van der Waals surface area (Å²) in [5.74, 6) is 0.965. The zero-order valence-electron chi connectivity index (χ0n) is 9.13. The fourth-order valence-electron chi connectivity index (χ4n) is 1.78. The SMILES string of the molecule is Cc1ncc2cc(-c3cc(Cl)ncn3)ccn12. The van der Waals surface area contributed by atoms with Crippen LogP contribution in [0.5, 0.6) is 0 Å². The summed E-state index contributed by atoms with van der Waals surface area (Å²) in [6.07, 6.45) is 5.27. The summed E-state index contributed by atoms with van der Waals surface area (Å²) in [6, 6.07) is 5.76. The molecule has 0 unspecified atom stereocenters. The Kier molecular flexibility index (Phi) is 2.30. The highest BCUT2D eigenvalue weighted by Crippen LogP contribution is 2.20. The summed E-state index contributed by atoms with van der Waals surface area (Å²) >= 11 is 5.85. The van der Waals surface area contributed by atoms with Gasteiger partial charge >= 0.3 is 0 Å². The van der Waals surface area contributed by atoms with Crippen LogP contribution >= 0.6 is 11.6 Å². The van der Waals surface area contributed by atoms with Crippen LogP contribution in [-0.2, 0) is 0 Å².